The van der Waals surface area contributed by atoms with Gasteiger partial charge in [-0.2, -0.15) is 0 Å². The summed E-state index contributed by atoms with van der Waals surface area (Å²) in [5.41, 5.74) is 0.814. The first kappa shape index (κ1) is 14.9. The van der Waals surface area contributed by atoms with Gasteiger partial charge >= 0.3 is 5.97 Å². The molecule has 0 unspecified atom stereocenters. The van der Waals surface area contributed by atoms with E-state index in [1.54, 1.807) is 5.06 Å². The summed E-state index contributed by atoms with van der Waals surface area (Å²) < 4.78 is 0. The van der Waals surface area contributed by atoms with Crippen LogP contribution in [0.3, 0.4) is 0 Å². The zero-order valence-corrected chi connectivity index (χ0v) is 12.5. The van der Waals surface area contributed by atoms with Gasteiger partial charge in [-0.05, 0) is 38.5 Å². The van der Waals surface area contributed by atoms with Crippen molar-refractivity contribution in [3.63, 3.8) is 0 Å². The summed E-state index contributed by atoms with van der Waals surface area (Å²) in [4.78, 5) is 23.6. The number of hydrogen-bond donors (Lipinski definition) is 0. The normalized spacial score (nSPS) is 17.9. The van der Waals surface area contributed by atoms with Crippen LogP contribution in [0, 0.1) is 5.41 Å². The molecule has 0 aliphatic carbocycles. The van der Waals surface area contributed by atoms with Crippen molar-refractivity contribution >= 4 is 5.97 Å². The smallest absolute Gasteiger partial charge is 0.330 e. The van der Waals surface area contributed by atoms with Gasteiger partial charge in [0.05, 0.1) is 5.41 Å². The Kier molecular flexibility index (Phi) is 4.73. The molecule has 1 saturated heterocycles. The van der Waals surface area contributed by atoms with Gasteiger partial charge in [0.25, 0.3) is 0 Å². The monoisotopic (exact) mass is 277 g/mol. The number of hydrogen-bond acceptors (Lipinski definition) is 5. The van der Waals surface area contributed by atoms with E-state index in [0.717, 1.165) is 32.7 Å². The highest BCUT2D eigenvalue weighted by Gasteiger charge is 2.27. The second-order valence-electron chi connectivity index (χ2n) is 6.19. The molecule has 1 aromatic rings. The minimum atomic E-state index is -0.450. The number of pyridine rings is 1. The van der Waals surface area contributed by atoms with E-state index in [2.05, 4.69) is 9.88 Å². The van der Waals surface area contributed by atoms with Crippen molar-refractivity contribution < 1.29 is 9.63 Å². The highest BCUT2D eigenvalue weighted by Crippen LogP contribution is 2.17. The highest BCUT2D eigenvalue weighted by molar-refractivity contribution is 5.75. The predicted molar refractivity (Wildman–Crippen MR) is 76.6 cm³/mol. The maximum absolute atomic E-state index is 11.8. The maximum Gasteiger partial charge on any atom is 0.330 e. The lowest BCUT2D eigenvalue weighted by molar-refractivity contribution is -0.207. The molecule has 5 nitrogen and oxygen atoms in total. The van der Waals surface area contributed by atoms with Gasteiger partial charge in [0.1, 0.15) is 0 Å². The molecule has 0 saturated carbocycles. The first-order chi connectivity index (χ1) is 9.45. The van der Waals surface area contributed by atoms with E-state index >= 15 is 0 Å². The molecular weight excluding hydrogens is 254 g/mol. The van der Waals surface area contributed by atoms with E-state index in [4.69, 9.17) is 4.84 Å². The van der Waals surface area contributed by atoms with Gasteiger partial charge < -0.3 is 4.84 Å². The van der Waals surface area contributed by atoms with Crippen molar-refractivity contribution in [1.29, 1.82) is 0 Å². The molecular formula is C15H23N3O2. The van der Waals surface area contributed by atoms with Crippen LogP contribution in [0.5, 0.6) is 0 Å². The standard InChI is InChI=1S/C15H23N3O2/c1-15(2,3)14(19)20-18-10-8-17(9-11-18)12-13-4-6-16-7-5-13/h4-7H,8-12H2,1-3H3. The van der Waals surface area contributed by atoms with Crippen molar-refractivity contribution in [2.45, 2.75) is 27.3 Å². The fraction of sp³-hybridized carbons (Fsp3) is 0.600. The molecule has 2 rings (SSSR count). The minimum Gasteiger partial charge on any atom is -0.367 e. The Balaban J connectivity index is 1.77. The quantitative estimate of drug-likeness (QED) is 0.841. The molecule has 5 heteroatoms. The summed E-state index contributed by atoms with van der Waals surface area (Å²) in [5.74, 6) is -0.167. The second kappa shape index (κ2) is 6.33. The zero-order valence-electron chi connectivity index (χ0n) is 12.5. The third kappa shape index (κ3) is 4.28. The molecule has 0 amide bonds. The number of rotatable bonds is 3. The average molecular weight is 277 g/mol. The van der Waals surface area contributed by atoms with Crippen LogP contribution in [0.1, 0.15) is 26.3 Å². The molecule has 0 spiro atoms. The Morgan fingerprint density at radius 2 is 1.80 bits per heavy atom. The third-order valence-corrected chi connectivity index (χ3v) is 3.31. The summed E-state index contributed by atoms with van der Waals surface area (Å²) in [6.07, 6.45) is 3.63. The van der Waals surface area contributed by atoms with Crippen LogP contribution in [-0.2, 0) is 16.2 Å². The number of nitrogens with zero attached hydrogens (tertiary/aromatic N) is 3. The Hall–Kier alpha value is -1.46. The van der Waals surface area contributed by atoms with Gasteiger partial charge in [0.2, 0.25) is 0 Å². The van der Waals surface area contributed by atoms with Gasteiger partial charge in [-0.3, -0.25) is 9.88 Å². The van der Waals surface area contributed by atoms with E-state index in [0.29, 0.717) is 0 Å². The summed E-state index contributed by atoms with van der Waals surface area (Å²) in [7, 11) is 0. The highest BCUT2D eigenvalue weighted by atomic mass is 16.7. The fourth-order valence-corrected chi connectivity index (χ4v) is 1.98. The van der Waals surface area contributed by atoms with Gasteiger partial charge in [-0.1, -0.05) is 0 Å². The summed E-state index contributed by atoms with van der Waals surface area (Å²) >= 11 is 0. The van der Waals surface area contributed by atoms with Crippen LogP contribution in [0.2, 0.25) is 0 Å². The van der Waals surface area contributed by atoms with Crippen LogP contribution in [0.25, 0.3) is 0 Å². The molecule has 0 bridgehead atoms. The van der Waals surface area contributed by atoms with Crippen LogP contribution in [-0.4, -0.2) is 47.1 Å². The molecule has 110 valence electrons. The van der Waals surface area contributed by atoms with Gasteiger partial charge in [-0.25, -0.2) is 4.79 Å². The van der Waals surface area contributed by atoms with Crippen molar-refractivity contribution in [2.75, 3.05) is 26.2 Å². The van der Waals surface area contributed by atoms with E-state index < -0.39 is 5.41 Å². The van der Waals surface area contributed by atoms with Crippen molar-refractivity contribution in [3.05, 3.63) is 30.1 Å². The molecule has 0 N–H and O–H groups in total. The summed E-state index contributed by atoms with van der Waals surface area (Å²) in [5, 5.41) is 1.77. The number of aromatic nitrogens is 1. The molecule has 2 heterocycles. The molecule has 1 aliphatic heterocycles. The molecule has 0 radical (unpaired) electrons. The van der Waals surface area contributed by atoms with E-state index in [-0.39, 0.29) is 5.97 Å². The first-order valence-electron chi connectivity index (χ1n) is 7.04. The fourth-order valence-electron chi connectivity index (χ4n) is 1.98. The van der Waals surface area contributed by atoms with Gasteiger partial charge in [0, 0.05) is 45.1 Å². The summed E-state index contributed by atoms with van der Waals surface area (Å²) in [6, 6.07) is 4.07. The van der Waals surface area contributed by atoms with Crippen molar-refractivity contribution in [3.8, 4) is 0 Å². The maximum atomic E-state index is 11.8. The lowest BCUT2D eigenvalue weighted by Crippen LogP contribution is -2.47. The number of piperazine rings is 1. The van der Waals surface area contributed by atoms with E-state index in [9.17, 15) is 4.79 Å². The Labute approximate surface area is 120 Å². The average Bonchev–Trinajstić information content (AvgIpc) is 2.41. The molecule has 1 aliphatic rings. The van der Waals surface area contributed by atoms with Crippen LogP contribution >= 0.6 is 0 Å². The lowest BCUT2D eigenvalue weighted by atomic mass is 9.98. The topological polar surface area (TPSA) is 45.7 Å². The third-order valence-electron chi connectivity index (χ3n) is 3.31. The summed E-state index contributed by atoms with van der Waals surface area (Å²) in [6.45, 7) is 9.85. The molecule has 20 heavy (non-hydrogen) atoms. The zero-order chi connectivity index (χ0) is 14.6. The van der Waals surface area contributed by atoms with Crippen LogP contribution in [0.15, 0.2) is 24.5 Å². The Morgan fingerprint density at radius 3 is 2.35 bits per heavy atom. The molecule has 1 aromatic heterocycles. The van der Waals surface area contributed by atoms with E-state index in [1.807, 2.05) is 45.3 Å². The molecule has 0 aromatic carbocycles. The number of carbonyl (C=O) groups is 1. The molecule has 0 atom stereocenters. The first-order valence-corrected chi connectivity index (χ1v) is 7.04. The number of hydroxylamine groups is 2. The van der Waals surface area contributed by atoms with Gasteiger partial charge in [0.15, 0.2) is 0 Å². The second-order valence-corrected chi connectivity index (χ2v) is 6.19. The molecule has 1 fully saturated rings. The lowest BCUT2D eigenvalue weighted by Gasteiger charge is -2.34. The predicted octanol–water partition coefficient (Wildman–Crippen LogP) is 1.70. The largest absolute Gasteiger partial charge is 0.367 e. The van der Waals surface area contributed by atoms with Crippen molar-refractivity contribution in [1.82, 2.24) is 14.9 Å². The van der Waals surface area contributed by atoms with Gasteiger partial charge in [-0.15, -0.1) is 5.06 Å². The van der Waals surface area contributed by atoms with Crippen molar-refractivity contribution in [2.24, 2.45) is 5.41 Å². The van der Waals surface area contributed by atoms with Crippen LogP contribution in [0.4, 0.5) is 0 Å². The SMILES string of the molecule is CC(C)(C)C(=O)ON1CCN(Cc2ccncc2)CC1. The van der Waals surface area contributed by atoms with E-state index in [1.165, 1.54) is 5.56 Å². The Bertz CT molecular complexity index is 434. The number of carbonyl (C=O) groups excluding carboxylic acids is 1. The minimum absolute atomic E-state index is 0.167. The van der Waals surface area contributed by atoms with Crippen LogP contribution < -0.4 is 0 Å². The Morgan fingerprint density at radius 1 is 1.20 bits per heavy atom.